The molecule has 2 heterocycles. The zero-order valence-electron chi connectivity index (χ0n) is 10.2. The van der Waals surface area contributed by atoms with Crippen molar-refractivity contribution in [3.05, 3.63) is 47.9 Å². The molecule has 0 saturated carbocycles. The van der Waals surface area contributed by atoms with E-state index in [4.69, 9.17) is 15.4 Å². The van der Waals surface area contributed by atoms with Crippen LogP contribution in [0.5, 0.6) is 0 Å². The van der Waals surface area contributed by atoms with Crippen LogP contribution >= 0.6 is 0 Å². The quantitative estimate of drug-likeness (QED) is 0.775. The molecule has 0 fully saturated rings. The van der Waals surface area contributed by atoms with Gasteiger partial charge in [0.05, 0.1) is 17.3 Å². The molecule has 0 aliphatic heterocycles. The first-order valence-corrected chi connectivity index (χ1v) is 5.97. The number of para-hydroxylation sites is 1. The number of hydrogen-bond donors (Lipinski definition) is 1. The number of nitrogen functional groups attached to an aromatic ring is 1. The lowest BCUT2D eigenvalue weighted by atomic mass is 10.2. The molecule has 3 rings (SSSR count). The number of rotatable bonds is 3. The topological polar surface area (TPSA) is 80.8 Å². The number of aryl methyl sites for hydroxylation is 2. The van der Waals surface area contributed by atoms with Crippen molar-refractivity contribution in [3.63, 3.8) is 0 Å². The summed E-state index contributed by atoms with van der Waals surface area (Å²) in [5.74, 6) is 1.32. The molecular weight excluding hydrogens is 240 g/mol. The monoisotopic (exact) mass is 252 g/mol. The highest BCUT2D eigenvalue weighted by Gasteiger charge is 2.11. The Bertz CT molecular complexity index is 750. The molecule has 2 N–H and O–H groups in total. The van der Waals surface area contributed by atoms with E-state index < -0.39 is 0 Å². The van der Waals surface area contributed by atoms with Gasteiger partial charge in [-0.15, -0.1) is 0 Å². The second-order valence-electron chi connectivity index (χ2n) is 4.24. The standard InChI is InChI=1S/C14H12N4O/c15-9-10-3-1-5-12-13(10)17-14(16)18(12)7-6-11-4-2-8-19-11/h1-5,8H,6-7H2,(H2,16,17). The zero-order valence-corrected chi connectivity index (χ0v) is 10.2. The van der Waals surface area contributed by atoms with Crippen molar-refractivity contribution in [1.82, 2.24) is 9.55 Å². The molecule has 0 atom stereocenters. The second kappa shape index (κ2) is 4.50. The molecule has 0 unspecified atom stereocenters. The number of furan rings is 1. The first-order chi connectivity index (χ1) is 9.29. The van der Waals surface area contributed by atoms with E-state index >= 15 is 0 Å². The van der Waals surface area contributed by atoms with Gasteiger partial charge in [-0.3, -0.25) is 0 Å². The lowest BCUT2D eigenvalue weighted by molar-refractivity contribution is 0.494. The Morgan fingerprint density at radius 1 is 1.32 bits per heavy atom. The third kappa shape index (κ3) is 1.93. The third-order valence-corrected chi connectivity index (χ3v) is 3.09. The van der Waals surface area contributed by atoms with Gasteiger partial charge in [0.15, 0.2) is 0 Å². The molecule has 2 aromatic heterocycles. The van der Waals surface area contributed by atoms with Crippen LogP contribution in [0.1, 0.15) is 11.3 Å². The lowest BCUT2D eigenvalue weighted by Gasteiger charge is -2.04. The average Bonchev–Trinajstić information content (AvgIpc) is 3.03. The SMILES string of the molecule is N#Cc1cccc2c1nc(N)n2CCc1ccco1. The number of imidazole rings is 1. The van der Waals surface area contributed by atoms with E-state index in [0.29, 0.717) is 23.6 Å². The van der Waals surface area contributed by atoms with Crippen molar-refractivity contribution >= 4 is 17.0 Å². The molecule has 0 saturated heterocycles. The Balaban J connectivity index is 1.99. The van der Waals surface area contributed by atoms with Gasteiger partial charge in [-0.25, -0.2) is 4.98 Å². The summed E-state index contributed by atoms with van der Waals surface area (Å²) in [6, 6.07) is 11.4. The normalized spacial score (nSPS) is 10.7. The summed E-state index contributed by atoms with van der Waals surface area (Å²) in [5, 5.41) is 9.06. The molecule has 5 heteroatoms. The number of nitriles is 1. The maximum Gasteiger partial charge on any atom is 0.201 e. The minimum absolute atomic E-state index is 0.421. The van der Waals surface area contributed by atoms with Crippen molar-refractivity contribution < 1.29 is 4.42 Å². The number of anilines is 1. The summed E-state index contributed by atoms with van der Waals surface area (Å²) in [6.45, 7) is 0.671. The van der Waals surface area contributed by atoms with E-state index in [1.54, 1.807) is 12.3 Å². The van der Waals surface area contributed by atoms with Crippen molar-refractivity contribution in [2.75, 3.05) is 5.73 Å². The van der Waals surface area contributed by atoms with Crippen LogP contribution in [0, 0.1) is 11.3 Å². The number of fused-ring (bicyclic) bond motifs is 1. The van der Waals surface area contributed by atoms with Crippen LogP contribution in [0.4, 0.5) is 5.95 Å². The van der Waals surface area contributed by atoms with E-state index in [9.17, 15) is 0 Å². The Hall–Kier alpha value is -2.74. The van der Waals surface area contributed by atoms with Crippen LogP contribution in [0.2, 0.25) is 0 Å². The Kier molecular flexibility index (Phi) is 2.69. The Morgan fingerprint density at radius 2 is 2.21 bits per heavy atom. The number of aromatic nitrogens is 2. The molecule has 3 aromatic rings. The summed E-state index contributed by atoms with van der Waals surface area (Å²) in [4.78, 5) is 4.27. The predicted molar refractivity (Wildman–Crippen MR) is 71.3 cm³/mol. The Labute approximate surface area is 109 Å². The highest BCUT2D eigenvalue weighted by molar-refractivity contribution is 5.83. The summed E-state index contributed by atoms with van der Waals surface area (Å²) in [5.41, 5.74) is 8.00. The van der Waals surface area contributed by atoms with Crippen LogP contribution in [-0.4, -0.2) is 9.55 Å². The van der Waals surface area contributed by atoms with Gasteiger partial charge in [0.1, 0.15) is 17.3 Å². The first-order valence-electron chi connectivity index (χ1n) is 5.97. The van der Waals surface area contributed by atoms with Gasteiger partial charge >= 0.3 is 0 Å². The zero-order chi connectivity index (χ0) is 13.2. The molecule has 0 amide bonds. The van der Waals surface area contributed by atoms with Crippen molar-refractivity contribution in [3.8, 4) is 6.07 Å². The van der Waals surface area contributed by atoms with Crippen LogP contribution in [-0.2, 0) is 13.0 Å². The lowest BCUT2D eigenvalue weighted by Crippen LogP contribution is -2.05. The molecule has 1 aromatic carbocycles. The summed E-state index contributed by atoms with van der Waals surface area (Å²) < 4.78 is 7.20. The number of nitrogens with zero attached hydrogens (tertiary/aromatic N) is 3. The maximum absolute atomic E-state index is 9.06. The number of benzene rings is 1. The number of nitrogens with two attached hydrogens (primary N) is 1. The fraction of sp³-hybridized carbons (Fsp3) is 0.143. The minimum Gasteiger partial charge on any atom is -0.469 e. The molecule has 0 aliphatic carbocycles. The smallest absolute Gasteiger partial charge is 0.201 e. The van der Waals surface area contributed by atoms with Crippen LogP contribution in [0.3, 0.4) is 0 Å². The van der Waals surface area contributed by atoms with Crippen molar-refractivity contribution in [2.45, 2.75) is 13.0 Å². The van der Waals surface area contributed by atoms with Crippen LogP contribution in [0.15, 0.2) is 41.0 Å². The van der Waals surface area contributed by atoms with Gasteiger partial charge in [-0.1, -0.05) is 6.07 Å². The molecule has 19 heavy (non-hydrogen) atoms. The van der Waals surface area contributed by atoms with Gasteiger partial charge in [0.25, 0.3) is 0 Å². The highest BCUT2D eigenvalue weighted by atomic mass is 16.3. The summed E-state index contributed by atoms with van der Waals surface area (Å²) in [6.07, 6.45) is 2.39. The number of hydrogen-bond acceptors (Lipinski definition) is 4. The third-order valence-electron chi connectivity index (χ3n) is 3.09. The molecule has 0 aliphatic rings. The minimum atomic E-state index is 0.421. The predicted octanol–water partition coefficient (Wildman–Crippen LogP) is 2.33. The molecule has 0 radical (unpaired) electrons. The molecule has 0 bridgehead atoms. The van der Waals surface area contributed by atoms with E-state index in [1.807, 2.05) is 28.8 Å². The fourth-order valence-electron chi connectivity index (χ4n) is 2.17. The molecule has 0 spiro atoms. The average molecular weight is 252 g/mol. The van der Waals surface area contributed by atoms with Gasteiger partial charge < -0.3 is 14.7 Å². The van der Waals surface area contributed by atoms with E-state index in [0.717, 1.165) is 17.7 Å². The highest BCUT2D eigenvalue weighted by Crippen LogP contribution is 2.21. The fourth-order valence-corrected chi connectivity index (χ4v) is 2.17. The Morgan fingerprint density at radius 3 is 2.95 bits per heavy atom. The van der Waals surface area contributed by atoms with E-state index in [-0.39, 0.29) is 0 Å². The summed E-state index contributed by atoms with van der Waals surface area (Å²) in [7, 11) is 0. The van der Waals surface area contributed by atoms with Gasteiger partial charge in [-0.05, 0) is 24.3 Å². The van der Waals surface area contributed by atoms with Gasteiger partial charge in [0.2, 0.25) is 5.95 Å². The first kappa shape index (κ1) is 11.4. The van der Waals surface area contributed by atoms with Crippen LogP contribution in [0.25, 0.3) is 11.0 Å². The second-order valence-corrected chi connectivity index (χ2v) is 4.24. The summed E-state index contributed by atoms with van der Waals surface area (Å²) >= 11 is 0. The van der Waals surface area contributed by atoms with Gasteiger partial charge in [0, 0.05) is 13.0 Å². The molecule has 5 nitrogen and oxygen atoms in total. The van der Waals surface area contributed by atoms with Crippen molar-refractivity contribution in [2.24, 2.45) is 0 Å². The van der Waals surface area contributed by atoms with Crippen LogP contribution < -0.4 is 5.73 Å². The van der Waals surface area contributed by atoms with Crippen molar-refractivity contribution in [1.29, 1.82) is 5.26 Å². The largest absolute Gasteiger partial charge is 0.469 e. The maximum atomic E-state index is 9.06. The molecule has 94 valence electrons. The van der Waals surface area contributed by atoms with E-state index in [1.165, 1.54) is 0 Å². The molecular formula is C14H12N4O. The van der Waals surface area contributed by atoms with E-state index in [2.05, 4.69) is 11.1 Å². The van der Waals surface area contributed by atoms with Gasteiger partial charge in [-0.2, -0.15) is 5.26 Å².